The number of carbonyl (C=O) groups excluding carboxylic acids is 1. The van der Waals surface area contributed by atoms with Crippen LogP contribution in [0.15, 0.2) is 42.5 Å². The van der Waals surface area contributed by atoms with Crippen LogP contribution in [0.1, 0.15) is 15.9 Å². The molecule has 1 amide bonds. The van der Waals surface area contributed by atoms with Crippen LogP contribution in [0, 0.1) is 0 Å². The van der Waals surface area contributed by atoms with Crippen LogP contribution in [0.4, 0.5) is 10.5 Å². The second-order valence-corrected chi connectivity index (χ2v) is 4.75. The van der Waals surface area contributed by atoms with Crippen molar-refractivity contribution in [3.05, 3.63) is 53.6 Å². The van der Waals surface area contributed by atoms with Gasteiger partial charge >= 0.3 is 12.1 Å². The van der Waals surface area contributed by atoms with Gasteiger partial charge in [0.05, 0.1) is 14.2 Å². The van der Waals surface area contributed by atoms with Crippen molar-refractivity contribution in [2.24, 2.45) is 0 Å². The number of anilines is 1. The minimum absolute atomic E-state index is 0.0770. The fourth-order valence-corrected chi connectivity index (χ4v) is 2.07. The van der Waals surface area contributed by atoms with Gasteiger partial charge in [-0.2, -0.15) is 0 Å². The van der Waals surface area contributed by atoms with Crippen molar-refractivity contribution in [2.75, 3.05) is 19.5 Å². The molecule has 0 spiro atoms. The molecule has 0 atom stereocenters. The van der Waals surface area contributed by atoms with Gasteiger partial charge in [0.1, 0.15) is 12.2 Å². The van der Waals surface area contributed by atoms with Gasteiger partial charge in [-0.15, -0.1) is 0 Å². The Hall–Kier alpha value is -3.22. The van der Waals surface area contributed by atoms with Crippen LogP contribution >= 0.6 is 0 Å². The van der Waals surface area contributed by atoms with Gasteiger partial charge in [-0.25, -0.2) is 9.59 Å². The zero-order valence-electron chi connectivity index (χ0n) is 13.2. The minimum Gasteiger partial charge on any atom is -0.493 e. The SMILES string of the molecule is COc1cc(NC(=O)OCc2ccccc2)cc(C(=O)O)c1OC. The van der Waals surface area contributed by atoms with Crippen molar-refractivity contribution in [2.45, 2.75) is 6.61 Å². The lowest BCUT2D eigenvalue weighted by molar-refractivity contribution is 0.0692. The van der Waals surface area contributed by atoms with E-state index in [9.17, 15) is 14.7 Å². The fourth-order valence-electron chi connectivity index (χ4n) is 2.07. The summed E-state index contributed by atoms with van der Waals surface area (Å²) in [5.74, 6) is -0.935. The summed E-state index contributed by atoms with van der Waals surface area (Å²) in [6.07, 6.45) is -0.706. The lowest BCUT2D eigenvalue weighted by Gasteiger charge is -2.13. The summed E-state index contributed by atoms with van der Waals surface area (Å²) < 4.78 is 15.2. The van der Waals surface area contributed by atoms with E-state index in [1.165, 1.54) is 26.4 Å². The summed E-state index contributed by atoms with van der Waals surface area (Å²) >= 11 is 0. The predicted molar refractivity (Wildman–Crippen MR) is 86.8 cm³/mol. The monoisotopic (exact) mass is 331 g/mol. The van der Waals surface area contributed by atoms with Gasteiger partial charge in [-0.05, 0) is 11.6 Å². The Morgan fingerprint density at radius 2 is 1.79 bits per heavy atom. The third kappa shape index (κ3) is 4.16. The molecule has 0 saturated heterocycles. The Bertz CT molecular complexity index is 729. The Morgan fingerprint density at radius 3 is 2.38 bits per heavy atom. The molecule has 7 nitrogen and oxygen atoms in total. The van der Waals surface area contributed by atoms with Gasteiger partial charge in [0.2, 0.25) is 0 Å². The molecule has 0 unspecified atom stereocenters. The van der Waals surface area contributed by atoms with Crippen molar-refractivity contribution >= 4 is 17.7 Å². The van der Waals surface area contributed by atoms with Crippen LogP contribution in [0.25, 0.3) is 0 Å². The Kier molecular flexibility index (Phi) is 5.62. The fraction of sp³-hybridized carbons (Fsp3) is 0.176. The van der Waals surface area contributed by atoms with E-state index in [0.29, 0.717) is 0 Å². The van der Waals surface area contributed by atoms with Crippen LogP contribution in [0.5, 0.6) is 11.5 Å². The number of aromatic carboxylic acids is 1. The number of rotatable bonds is 6. The summed E-state index contributed by atoms with van der Waals surface area (Å²) in [5.41, 5.74) is 0.935. The van der Waals surface area contributed by atoms with Crippen molar-refractivity contribution in [3.8, 4) is 11.5 Å². The first-order valence-corrected chi connectivity index (χ1v) is 7.02. The van der Waals surface area contributed by atoms with Crippen LogP contribution in [-0.2, 0) is 11.3 Å². The number of carbonyl (C=O) groups is 2. The van der Waals surface area contributed by atoms with Gasteiger partial charge in [0.15, 0.2) is 11.5 Å². The first-order valence-electron chi connectivity index (χ1n) is 7.02. The highest BCUT2D eigenvalue weighted by atomic mass is 16.5. The topological polar surface area (TPSA) is 94.1 Å². The number of benzene rings is 2. The molecule has 2 aromatic carbocycles. The third-order valence-electron chi connectivity index (χ3n) is 3.17. The van der Waals surface area contributed by atoms with E-state index in [0.717, 1.165) is 5.56 Å². The zero-order chi connectivity index (χ0) is 17.5. The number of hydrogen-bond donors (Lipinski definition) is 2. The first kappa shape index (κ1) is 17.1. The molecule has 0 fully saturated rings. The molecular weight excluding hydrogens is 314 g/mol. The van der Waals surface area contributed by atoms with Gasteiger partial charge in [0.25, 0.3) is 0 Å². The van der Waals surface area contributed by atoms with Crippen molar-refractivity contribution in [1.29, 1.82) is 0 Å². The van der Waals surface area contributed by atoms with Gasteiger partial charge < -0.3 is 19.3 Å². The van der Waals surface area contributed by atoms with E-state index in [1.807, 2.05) is 30.3 Å². The van der Waals surface area contributed by atoms with Gasteiger partial charge in [0, 0.05) is 11.8 Å². The van der Waals surface area contributed by atoms with E-state index in [4.69, 9.17) is 14.2 Å². The number of amides is 1. The third-order valence-corrected chi connectivity index (χ3v) is 3.17. The summed E-state index contributed by atoms with van der Waals surface area (Å²) in [7, 11) is 2.71. The molecule has 0 saturated carbocycles. The average Bonchev–Trinajstić information content (AvgIpc) is 2.60. The number of ether oxygens (including phenoxy) is 3. The average molecular weight is 331 g/mol. The molecule has 0 aliphatic carbocycles. The van der Waals surface area contributed by atoms with Gasteiger partial charge in [-0.3, -0.25) is 5.32 Å². The smallest absolute Gasteiger partial charge is 0.411 e. The minimum atomic E-state index is -1.20. The molecule has 24 heavy (non-hydrogen) atoms. The molecule has 0 aromatic heterocycles. The lowest BCUT2D eigenvalue weighted by atomic mass is 10.1. The number of methoxy groups -OCH3 is 2. The molecule has 0 bridgehead atoms. The Balaban J connectivity index is 2.12. The van der Waals surface area contributed by atoms with Crippen LogP contribution < -0.4 is 14.8 Å². The first-order chi connectivity index (χ1) is 11.5. The quantitative estimate of drug-likeness (QED) is 0.844. The molecule has 2 aromatic rings. The second-order valence-electron chi connectivity index (χ2n) is 4.75. The second kappa shape index (κ2) is 7.87. The van der Waals surface area contributed by atoms with Crippen molar-refractivity contribution in [1.82, 2.24) is 0 Å². The molecule has 126 valence electrons. The van der Waals surface area contributed by atoms with E-state index in [-0.39, 0.29) is 29.4 Å². The Morgan fingerprint density at radius 1 is 1.08 bits per heavy atom. The molecule has 0 aliphatic heterocycles. The standard InChI is InChI=1S/C17H17NO6/c1-22-14-9-12(8-13(16(19)20)15(14)23-2)18-17(21)24-10-11-6-4-3-5-7-11/h3-9H,10H2,1-2H3,(H,18,21)(H,19,20). The number of carboxylic acids is 1. The maximum atomic E-state index is 11.9. The molecule has 0 radical (unpaired) electrons. The molecule has 0 heterocycles. The van der Waals surface area contributed by atoms with Crippen molar-refractivity contribution < 1.29 is 28.9 Å². The van der Waals surface area contributed by atoms with E-state index in [2.05, 4.69) is 5.32 Å². The number of hydrogen-bond acceptors (Lipinski definition) is 5. The number of carboxylic acid groups (broad SMARTS) is 1. The van der Waals surface area contributed by atoms with Crippen LogP contribution in [0.3, 0.4) is 0 Å². The summed E-state index contributed by atoms with van der Waals surface area (Å²) in [6.45, 7) is 0.103. The zero-order valence-corrected chi connectivity index (χ0v) is 13.2. The van der Waals surface area contributed by atoms with E-state index in [1.54, 1.807) is 0 Å². The largest absolute Gasteiger partial charge is 0.493 e. The molecule has 2 N–H and O–H groups in total. The Labute approximate surface area is 138 Å². The number of nitrogens with one attached hydrogen (secondary N) is 1. The predicted octanol–water partition coefficient (Wildman–Crippen LogP) is 3.15. The highest BCUT2D eigenvalue weighted by Gasteiger charge is 2.19. The van der Waals surface area contributed by atoms with Crippen LogP contribution in [0.2, 0.25) is 0 Å². The van der Waals surface area contributed by atoms with Crippen LogP contribution in [-0.4, -0.2) is 31.4 Å². The van der Waals surface area contributed by atoms with E-state index < -0.39 is 12.1 Å². The molecular formula is C17H17NO6. The summed E-state index contributed by atoms with van der Waals surface area (Å²) in [6, 6.07) is 11.9. The lowest BCUT2D eigenvalue weighted by Crippen LogP contribution is -2.14. The van der Waals surface area contributed by atoms with E-state index >= 15 is 0 Å². The van der Waals surface area contributed by atoms with Gasteiger partial charge in [-0.1, -0.05) is 30.3 Å². The molecule has 0 aliphatic rings. The maximum Gasteiger partial charge on any atom is 0.411 e. The highest BCUT2D eigenvalue weighted by Crippen LogP contribution is 2.34. The molecule has 2 rings (SSSR count). The molecule has 7 heteroatoms. The highest BCUT2D eigenvalue weighted by molar-refractivity contribution is 5.95. The summed E-state index contributed by atoms with van der Waals surface area (Å²) in [4.78, 5) is 23.2. The normalized spacial score (nSPS) is 9.92. The van der Waals surface area contributed by atoms with Crippen molar-refractivity contribution in [3.63, 3.8) is 0 Å². The summed E-state index contributed by atoms with van der Waals surface area (Å²) in [5, 5.41) is 11.7. The maximum absolute atomic E-state index is 11.9.